The SMILES string of the molecule is CCOC(=O)Cc1csc(SCC(=O)N[C@H]2CCCC[C@@H]2C)n1. The normalized spacial score (nSPS) is 21.0. The molecule has 0 unspecified atom stereocenters. The zero-order valence-electron chi connectivity index (χ0n) is 13.7. The number of esters is 1. The summed E-state index contributed by atoms with van der Waals surface area (Å²) in [5.74, 6) is 0.735. The molecule has 7 heteroatoms. The average Bonchev–Trinajstić information content (AvgIpc) is 2.95. The minimum Gasteiger partial charge on any atom is -0.466 e. The first-order valence-corrected chi connectivity index (χ1v) is 9.97. The Morgan fingerprint density at radius 3 is 2.96 bits per heavy atom. The second kappa shape index (κ2) is 9.27. The van der Waals surface area contributed by atoms with Crippen LogP contribution in [0.4, 0.5) is 0 Å². The van der Waals surface area contributed by atoms with E-state index < -0.39 is 0 Å². The summed E-state index contributed by atoms with van der Waals surface area (Å²) in [6, 6.07) is 0.313. The number of amides is 1. The quantitative estimate of drug-likeness (QED) is 0.601. The number of carbonyl (C=O) groups is 2. The third-order valence-corrected chi connectivity index (χ3v) is 6.02. The van der Waals surface area contributed by atoms with Gasteiger partial charge in [-0.05, 0) is 25.7 Å². The van der Waals surface area contributed by atoms with Gasteiger partial charge in [-0.2, -0.15) is 0 Å². The lowest BCUT2D eigenvalue weighted by Crippen LogP contribution is -2.41. The predicted octanol–water partition coefficient (Wildman–Crippen LogP) is 3.04. The topological polar surface area (TPSA) is 68.3 Å². The van der Waals surface area contributed by atoms with Gasteiger partial charge in [0.2, 0.25) is 5.91 Å². The second-order valence-electron chi connectivity index (χ2n) is 5.81. The Morgan fingerprint density at radius 1 is 1.43 bits per heavy atom. The highest BCUT2D eigenvalue weighted by molar-refractivity contribution is 8.01. The highest BCUT2D eigenvalue weighted by Gasteiger charge is 2.22. The third kappa shape index (κ3) is 6.14. The van der Waals surface area contributed by atoms with Crippen LogP contribution in [0.25, 0.3) is 0 Å². The minimum atomic E-state index is -0.265. The summed E-state index contributed by atoms with van der Waals surface area (Å²) >= 11 is 2.89. The number of thioether (sulfide) groups is 1. The number of carbonyl (C=O) groups excluding carboxylic acids is 2. The molecule has 5 nitrogen and oxygen atoms in total. The van der Waals surface area contributed by atoms with Crippen molar-refractivity contribution >= 4 is 35.0 Å². The molecule has 1 heterocycles. The van der Waals surface area contributed by atoms with Gasteiger partial charge in [0.25, 0.3) is 0 Å². The van der Waals surface area contributed by atoms with E-state index in [-0.39, 0.29) is 18.3 Å². The number of aromatic nitrogens is 1. The molecule has 0 aliphatic heterocycles. The largest absolute Gasteiger partial charge is 0.466 e. The number of hydrogen-bond donors (Lipinski definition) is 1. The lowest BCUT2D eigenvalue weighted by molar-refractivity contribution is -0.142. The number of hydrogen-bond acceptors (Lipinski definition) is 6. The smallest absolute Gasteiger partial charge is 0.311 e. The fourth-order valence-corrected chi connectivity index (χ4v) is 4.36. The van der Waals surface area contributed by atoms with Crippen molar-refractivity contribution in [2.24, 2.45) is 5.92 Å². The number of rotatable bonds is 7. The molecule has 1 amide bonds. The van der Waals surface area contributed by atoms with Crippen LogP contribution in [0.2, 0.25) is 0 Å². The van der Waals surface area contributed by atoms with Crippen molar-refractivity contribution in [3.8, 4) is 0 Å². The van der Waals surface area contributed by atoms with Crippen LogP contribution in [0, 0.1) is 5.92 Å². The van der Waals surface area contributed by atoms with Crippen molar-refractivity contribution in [1.29, 1.82) is 0 Å². The molecule has 2 rings (SSSR count). The molecule has 1 saturated carbocycles. The molecule has 0 spiro atoms. The first-order valence-electron chi connectivity index (χ1n) is 8.10. The molecule has 0 radical (unpaired) electrons. The maximum Gasteiger partial charge on any atom is 0.311 e. The van der Waals surface area contributed by atoms with Crippen LogP contribution in [0.15, 0.2) is 9.72 Å². The van der Waals surface area contributed by atoms with E-state index in [2.05, 4.69) is 17.2 Å². The van der Waals surface area contributed by atoms with E-state index in [1.54, 1.807) is 6.92 Å². The molecule has 1 aromatic heterocycles. The van der Waals surface area contributed by atoms with Gasteiger partial charge in [-0.3, -0.25) is 9.59 Å². The molecule has 23 heavy (non-hydrogen) atoms. The van der Waals surface area contributed by atoms with Crippen LogP contribution in [0.3, 0.4) is 0 Å². The maximum atomic E-state index is 12.1. The number of nitrogens with zero attached hydrogens (tertiary/aromatic N) is 1. The Hall–Kier alpha value is -1.08. The zero-order chi connectivity index (χ0) is 16.7. The van der Waals surface area contributed by atoms with Crippen molar-refractivity contribution in [2.45, 2.75) is 56.3 Å². The summed E-state index contributed by atoms with van der Waals surface area (Å²) in [7, 11) is 0. The van der Waals surface area contributed by atoms with E-state index in [0.29, 0.717) is 30.0 Å². The van der Waals surface area contributed by atoms with E-state index >= 15 is 0 Å². The summed E-state index contributed by atoms with van der Waals surface area (Å²) < 4.78 is 5.72. The van der Waals surface area contributed by atoms with E-state index in [9.17, 15) is 9.59 Å². The summed E-state index contributed by atoms with van der Waals surface area (Å²) in [6.07, 6.45) is 4.94. The maximum absolute atomic E-state index is 12.1. The Labute approximate surface area is 145 Å². The number of nitrogens with one attached hydrogen (secondary N) is 1. The lowest BCUT2D eigenvalue weighted by atomic mass is 9.86. The summed E-state index contributed by atoms with van der Waals surface area (Å²) in [5.41, 5.74) is 0.706. The molecule has 0 saturated heterocycles. The van der Waals surface area contributed by atoms with E-state index in [1.165, 1.54) is 42.4 Å². The van der Waals surface area contributed by atoms with Crippen molar-refractivity contribution in [3.05, 3.63) is 11.1 Å². The van der Waals surface area contributed by atoms with Gasteiger partial charge in [0.15, 0.2) is 4.34 Å². The molecule has 1 N–H and O–H groups in total. The molecule has 2 atom stereocenters. The average molecular weight is 357 g/mol. The van der Waals surface area contributed by atoms with Gasteiger partial charge in [-0.25, -0.2) is 4.98 Å². The van der Waals surface area contributed by atoms with Crippen molar-refractivity contribution in [3.63, 3.8) is 0 Å². The lowest BCUT2D eigenvalue weighted by Gasteiger charge is -2.29. The fourth-order valence-electron chi connectivity index (χ4n) is 2.70. The third-order valence-electron chi connectivity index (χ3n) is 3.95. The van der Waals surface area contributed by atoms with Crippen molar-refractivity contribution in [2.75, 3.05) is 12.4 Å². The van der Waals surface area contributed by atoms with Crippen LogP contribution in [0.1, 0.15) is 45.2 Å². The molecule has 0 aromatic carbocycles. The summed E-state index contributed by atoms with van der Waals surface area (Å²) in [5, 5.41) is 4.99. The number of thiazole rings is 1. The minimum absolute atomic E-state index is 0.0656. The van der Waals surface area contributed by atoms with E-state index in [0.717, 1.165) is 10.8 Å². The van der Waals surface area contributed by atoms with Gasteiger partial charge in [-0.1, -0.05) is 31.5 Å². The molecule has 1 aliphatic carbocycles. The van der Waals surface area contributed by atoms with Crippen molar-refractivity contribution in [1.82, 2.24) is 10.3 Å². The first-order chi connectivity index (χ1) is 11.1. The highest BCUT2D eigenvalue weighted by atomic mass is 32.2. The molecular weight excluding hydrogens is 332 g/mol. The standard InChI is InChI=1S/C16H24N2O3S2/c1-3-21-15(20)8-12-9-22-16(17-12)23-10-14(19)18-13-7-5-4-6-11(13)2/h9,11,13H,3-8,10H2,1-2H3,(H,18,19)/t11-,13-/m0/s1. The molecule has 1 fully saturated rings. The Balaban J connectivity index is 1.74. The van der Waals surface area contributed by atoms with Gasteiger partial charge >= 0.3 is 5.97 Å². The Morgan fingerprint density at radius 2 is 2.22 bits per heavy atom. The Kier molecular flexibility index (Phi) is 7.36. The van der Waals surface area contributed by atoms with E-state index in [1.807, 2.05) is 5.38 Å². The molecular formula is C16H24N2O3S2. The van der Waals surface area contributed by atoms with Crippen LogP contribution in [-0.2, 0) is 20.7 Å². The molecule has 0 bridgehead atoms. The van der Waals surface area contributed by atoms with Gasteiger partial charge in [-0.15, -0.1) is 11.3 Å². The van der Waals surface area contributed by atoms with E-state index in [4.69, 9.17) is 4.74 Å². The highest BCUT2D eigenvalue weighted by Crippen LogP contribution is 2.25. The van der Waals surface area contributed by atoms with Gasteiger partial charge in [0.1, 0.15) is 0 Å². The van der Waals surface area contributed by atoms with Crippen LogP contribution >= 0.6 is 23.1 Å². The predicted molar refractivity (Wildman–Crippen MR) is 92.7 cm³/mol. The molecule has 128 valence electrons. The number of ether oxygens (including phenoxy) is 1. The summed E-state index contributed by atoms with van der Waals surface area (Å²) in [6.45, 7) is 4.37. The van der Waals surface area contributed by atoms with Gasteiger partial charge in [0.05, 0.1) is 24.5 Å². The van der Waals surface area contributed by atoms with Gasteiger partial charge in [0, 0.05) is 11.4 Å². The molecule has 1 aliphatic rings. The van der Waals surface area contributed by atoms with Gasteiger partial charge < -0.3 is 10.1 Å². The van der Waals surface area contributed by atoms with Crippen LogP contribution < -0.4 is 5.32 Å². The zero-order valence-corrected chi connectivity index (χ0v) is 15.3. The monoisotopic (exact) mass is 356 g/mol. The van der Waals surface area contributed by atoms with Crippen LogP contribution in [0.5, 0.6) is 0 Å². The van der Waals surface area contributed by atoms with Crippen molar-refractivity contribution < 1.29 is 14.3 Å². The first kappa shape index (κ1) is 18.3. The van der Waals surface area contributed by atoms with Crippen LogP contribution in [-0.4, -0.2) is 35.3 Å². The second-order valence-corrected chi connectivity index (χ2v) is 7.89. The Bertz CT molecular complexity index is 533. The molecule has 1 aromatic rings. The fraction of sp³-hybridized carbons (Fsp3) is 0.688. The summed E-state index contributed by atoms with van der Waals surface area (Å²) in [4.78, 5) is 27.8.